The van der Waals surface area contributed by atoms with Gasteiger partial charge in [0.15, 0.2) is 0 Å². The van der Waals surface area contributed by atoms with Gasteiger partial charge in [-0.15, -0.1) is 0 Å². The number of hydrogen-bond donors (Lipinski definition) is 1. The molecule has 0 amide bonds. The lowest BCUT2D eigenvalue weighted by molar-refractivity contribution is 0.423. The Morgan fingerprint density at radius 1 is 0.617 bits per heavy atom. The zero-order valence-electron chi connectivity index (χ0n) is 28.2. The summed E-state index contributed by atoms with van der Waals surface area (Å²) in [5, 5.41) is 6.22. The third-order valence-electron chi connectivity index (χ3n) is 8.61. The highest BCUT2D eigenvalue weighted by molar-refractivity contribution is 6.09. The number of rotatable bonds is 9. The molecule has 6 rings (SSSR count). The number of anilines is 1. The molecule has 2 nitrogen and oxygen atoms in total. The second kappa shape index (κ2) is 14.0. The normalized spacial score (nSPS) is 13.2. The van der Waals surface area contributed by atoms with Crippen LogP contribution in [-0.4, -0.2) is 4.57 Å². The van der Waals surface area contributed by atoms with E-state index in [4.69, 9.17) is 0 Å². The first-order chi connectivity index (χ1) is 22.8. The van der Waals surface area contributed by atoms with E-state index < -0.39 is 0 Å². The Kier molecular flexibility index (Phi) is 9.40. The van der Waals surface area contributed by atoms with Gasteiger partial charge in [0.2, 0.25) is 0 Å². The molecule has 0 atom stereocenters. The minimum absolute atomic E-state index is 0.0138. The van der Waals surface area contributed by atoms with E-state index in [0.29, 0.717) is 0 Å². The van der Waals surface area contributed by atoms with Crippen molar-refractivity contribution < 1.29 is 0 Å². The minimum Gasteiger partial charge on any atom is -0.359 e. The first-order valence-electron chi connectivity index (χ1n) is 16.5. The molecule has 0 bridgehead atoms. The fourth-order valence-corrected chi connectivity index (χ4v) is 6.29. The van der Waals surface area contributed by atoms with Crippen LogP contribution in [0, 0.1) is 0 Å². The van der Waals surface area contributed by atoms with Crippen LogP contribution < -0.4 is 5.32 Å². The Morgan fingerprint density at radius 2 is 1.28 bits per heavy atom. The molecule has 0 unspecified atom stereocenters. The predicted octanol–water partition coefficient (Wildman–Crippen LogP) is 12.7. The average Bonchev–Trinajstić information content (AvgIpc) is 3.43. The summed E-state index contributed by atoms with van der Waals surface area (Å²) in [6.45, 7) is 11.1. The molecule has 0 fully saturated rings. The molecule has 1 heterocycles. The second-order valence-electron chi connectivity index (χ2n) is 13.2. The van der Waals surface area contributed by atoms with Crippen molar-refractivity contribution in [2.45, 2.75) is 46.6 Å². The van der Waals surface area contributed by atoms with Gasteiger partial charge in [0.25, 0.3) is 0 Å². The molecule has 234 valence electrons. The van der Waals surface area contributed by atoms with Gasteiger partial charge in [-0.1, -0.05) is 121 Å². The second-order valence-corrected chi connectivity index (χ2v) is 13.2. The van der Waals surface area contributed by atoms with E-state index >= 15 is 0 Å². The van der Waals surface area contributed by atoms with Crippen LogP contribution in [0.3, 0.4) is 0 Å². The molecule has 0 saturated carbocycles. The first-order valence-corrected chi connectivity index (χ1v) is 16.5. The van der Waals surface area contributed by atoms with Crippen molar-refractivity contribution in [3.63, 3.8) is 0 Å². The maximum absolute atomic E-state index is 3.63. The molecule has 1 aromatic heterocycles. The van der Waals surface area contributed by atoms with Gasteiger partial charge < -0.3 is 9.88 Å². The number of fused-ring (bicyclic) bond motifs is 3. The van der Waals surface area contributed by atoms with Crippen LogP contribution in [0.5, 0.6) is 0 Å². The van der Waals surface area contributed by atoms with Crippen molar-refractivity contribution in [3.8, 4) is 11.1 Å². The van der Waals surface area contributed by atoms with Gasteiger partial charge in [-0.3, -0.25) is 0 Å². The standard InChI is InChI=1S/C45H44N2/c1-33(35-18-8-6-9-19-35)17-12-13-22-37(36-20-10-7-11-21-36)28-27-34(2)46-40-24-16-23-38(31-40)39-29-30-44-42(32-39)41-25-14-15-26-43(41)47(44)45(3,4)5/h6-21,23-32,46H,22H2,1-5H3/b13-12-,33-17+,34-27-,37-28+. The maximum atomic E-state index is 3.63. The van der Waals surface area contributed by atoms with Gasteiger partial charge in [-0.25, -0.2) is 0 Å². The molecule has 47 heavy (non-hydrogen) atoms. The summed E-state index contributed by atoms with van der Waals surface area (Å²) in [7, 11) is 0. The SMILES string of the molecule is C/C(=C/C=C(\C/C=C\C=C(/C)c1ccccc1)c1ccccc1)Nc1cccc(-c2ccc3c(c2)c2ccccc2n3C(C)(C)C)c1. The molecule has 0 radical (unpaired) electrons. The molecule has 6 aromatic rings. The number of allylic oxidation sites excluding steroid dienone is 8. The number of nitrogens with one attached hydrogen (secondary N) is 1. The number of benzene rings is 5. The molecule has 1 N–H and O–H groups in total. The molecular formula is C45H44N2. The molecule has 0 saturated heterocycles. The highest BCUT2D eigenvalue weighted by atomic mass is 15.0. The van der Waals surface area contributed by atoms with Crippen LogP contribution in [0.4, 0.5) is 5.69 Å². The summed E-state index contributed by atoms with van der Waals surface area (Å²) in [6, 6.07) is 45.5. The van der Waals surface area contributed by atoms with Crippen LogP contribution in [0.25, 0.3) is 44.1 Å². The fourth-order valence-electron chi connectivity index (χ4n) is 6.29. The molecular weight excluding hydrogens is 569 g/mol. The van der Waals surface area contributed by atoms with Crippen molar-refractivity contribution in [2.24, 2.45) is 0 Å². The van der Waals surface area contributed by atoms with Crippen molar-refractivity contribution >= 4 is 38.6 Å². The number of hydrogen-bond acceptors (Lipinski definition) is 1. The molecule has 0 spiro atoms. The van der Waals surface area contributed by atoms with Crippen molar-refractivity contribution in [1.82, 2.24) is 4.57 Å². The zero-order chi connectivity index (χ0) is 32.8. The lowest BCUT2D eigenvalue weighted by Crippen LogP contribution is -2.21. The number of nitrogens with zero attached hydrogens (tertiary/aromatic N) is 1. The zero-order valence-corrected chi connectivity index (χ0v) is 28.2. The molecule has 0 aliphatic heterocycles. The minimum atomic E-state index is -0.0138. The quantitative estimate of drug-likeness (QED) is 0.161. The number of aromatic nitrogens is 1. The highest BCUT2D eigenvalue weighted by Crippen LogP contribution is 2.36. The van der Waals surface area contributed by atoms with Crippen LogP contribution in [-0.2, 0) is 5.54 Å². The van der Waals surface area contributed by atoms with Crippen LogP contribution in [0.1, 0.15) is 52.2 Å². The van der Waals surface area contributed by atoms with Gasteiger partial charge in [0.1, 0.15) is 0 Å². The summed E-state index contributed by atoms with van der Waals surface area (Å²) in [4.78, 5) is 0. The predicted molar refractivity (Wildman–Crippen MR) is 206 cm³/mol. The number of para-hydroxylation sites is 1. The average molecular weight is 613 g/mol. The van der Waals surface area contributed by atoms with Crippen LogP contribution in [0.15, 0.2) is 163 Å². The van der Waals surface area contributed by atoms with Gasteiger partial charge in [-0.2, -0.15) is 0 Å². The highest BCUT2D eigenvalue weighted by Gasteiger charge is 2.20. The smallest absolute Gasteiger partial charge is 0.0496 e. The van der Waals surface area contributed by atoms with E-state index in [9.17, 15) is 0 Å². The topological polar surface area (TPSA) is 17.0 Å². The Hall–Kier alpha value is -5.34. The van der Waals surface area contributed by atoms with E-state index in [1.165, 1.54) is 55.2 Å². The molecule has 5 aromatic carbocycles. The third kappa shape index (κ3) is 7.39. The Labute approximate surface area is 280 Å². The Bertz CT molecular complexity index is 2110. The summed E-state index contributed by atoms with van der Waals surface area (Å²) in [5.41, 5.74) is 12.1. The van der Waals surface area contributed by atoms with Gasteiger partial charge >= 0.3 is 0 Å². The van der Waals surface area contributed by atoms with Crippen molar-refractivity contribution in [3.05, 3.63) is 175 Å². The van der Waals surface area contributed by atoms with Gasteiger partial charge in [-0.05, 0) is 111 Å². The largest absolute Gasteiger partial charge is 0.359 e. The molecule has 2 heteroatoms. The summed E-state index contributed by atoms with van der Waals surface area (Å²) in [5.74, 6) is 0. The van der Waals surface area contributed by atoms with Crippen molar-refractivity contribution in [2.75, 3.05) is 5.32 Å². The van der Waals surface area contributed by atoms with E-state index in [0.717, 1.165) is 17.8 Å². The summed E-state index contributed by atoms with van der Waals surface area (Å²) >= 11 is 0. The van der Waals surface area contributed by atoms with E-state index in [1.807, 2.05) is 0 Å². The van der Waals surface area contributed by atoms with E-state index in [2.05, 4.69) is 202 Å². The van der Waals surface area contributed by atoms with E-state index in [-0.39, 0.29) is 5.54 Å². The monoisotopic (exact) mass is 612 g/mol. The maximum Gasteiger partial charge on any atom is 0.0496 e. The van der Waals surface area contributed by atoms with Gasteiger partial charge in [0.05, 0.1) is 0 Å². The van der Waals surface area contributed by atoms with Crippen LogP contribution >= 0.6 is 0 Å². The third-order valence-corrected chi connectivity index (χ3v) is 8.61. The molecule has 0 aliphatic rings. The fraction of sp³-hybridized carbons (Fsp3) is 0.156. The Morgan fingerprint density at radius 3 is 2.02 bits per heavy atom. The molecule has 0 aliphatic carbocycles. The Balaban J connectivity index is 1.23. The summed E-state index contributed by atoms with van der Waals surface area (Å²) < 4.78 is 2.46. The van der Waals surface area contributed by atoms with Gasteiger partial charge in [0, 0.05) is 38.7 Å². The van der Waals surface area contributed by atoms with Crippen molar-refractivity contribution in [1.29, 1.82) is 0 Å². The summed E-state index contributed by atoms with van der Waals surface area (Å²) in [6.07, 6.45) is 11.8. The lowest BCUT2D eigenvalue weighted by Gasteiger charge is -2.24. The van der Waals surface area contributed by atoms with E-state index in [1.54, 1.807) is 0 Å². The van der Waals surface area contributed by atoms with Crippen LogP contribution in [0.2, 0.25) is 0 Å². The lowest BCUT2D eigenvalue weighted by atomic mass is 10.0. The first kappa shape index (κ1) is 31.6.